The highest BCUT2D eigenvalue weighted by Crippen LogP contribution is 2.41. The summed E-state index contributed by atoms with van der Waals surface area (Å²) in [5.41, 5.74) is 0.919. The number of piperidine rings is 1. The SMILES string of the molecule is O=C(Nc1ccnnc1)N1CCC(C(F)(F)S(=O)(=O)c2ccc(-n3cncn3)cc2)CC1. The molecule has 0 spiro atoms. The van der Waals surface area contributed by atoms with Gasteiger partial charge >= 0.3 is 11.3 Å². The molecule has 1 aliphatic heterocycles. The number of urea groups is 1. The van der Waals surface area contributed by atoms with Crippen molar-refractivity contribution in [1.82, 2.24) is 29.9 Å². The number of carbonyl (C=O) groups is 1. The van der Waals surface area contributed by atoms with E-state index in [0.29, 0.717) is 11.4 Å². The van der Waals surface area contributed by atoms with Crippen LogP contribution in [0.1, 0.15) is 12.8 Å². The summed E-state index contributed by atoms with van der Waals surface area (Å²) in [4.78, 5) is 17.0. The Labute approximate surface area is 182 Å². The molecule has 10 nitrogen and oxygen atoms in total. The predicted molar refractivity (Wildman–Crippen MR) is 109 cm³/mol. The minimum absolute atomic E-state index is 0.00532. The highest BCUT2D eigenvalue weighted by Gasteiger charge is 2.53. The minimum Gasteiger partial charge on any atom is -0.325 e. The molecule has 0 unspecified atom stereocenters. The maximum Gasteiger partial charge on any atom is 0.352 e. The van der Waals surface area contributed by atoms with Gasteiger partial charge < -0.3 is 10.2 Å². The van der Waals surface area contributed by atoms with Crippen molar-refractivity contribution in [3.63, 3.8) is 0 Å². The van der Waals surface area contributed by atoms with Gasteiger partial charge in [0, 0.05) is 19.0 Å². The van der Waals surface area contributed by atoms with Crippen molar-refractivity contribution in [2.75, 3.05) is 18.4 Å². The van der Waals surface area contributed by atoms with E-state index in [1.54, 1.807) is 6.07 Å². The number of alkyl halides is 2. The van der Waals surface area contributed by atoms with E-state index in [9.17, 15) is 13.2 Å². The lowest BCUT2D eigenvalue weighted by molar-refractivity contribution is 0.000425. The molecule has 13 heteroatoms. The molecular formula is C19H19F2N7O3S. The van der Waals surface area contributed by atoms with Crippen molar-refractivity contribution in [1.29, 1.82) is 0 Å². The van der Waals surface area contributed by atoms with Crippen LogP contribution in [0.4, 0.5) is 19.3 Å². The molecule has 1 aliphatic rings. The number of rotatable bonds is 5. The molecule has 1 N–H and O–H groups in total. The van der Waals surface area contributed by atoms with E-state index < -0.39 is 31.9 Å². The highest BCUT2D eigenvalue weighted by molar-refractivity contribution is 7.92. The molecule has 0 atom stereocenters. The van der Waals surface area contributed by atoms with E-state index in [-0.39, 0.29) is 25.9 Å². The van der Waals surface area contributed by atoms with Gasteiger partial charge in [-0.1, -0.05) is 0 Å². The molecule has 0 aliphatic carbocycles. The largest absolute Gasteiger partial charge is 0.352 e. The Balaban J connectivity index is 1.42. The minimum atomic E-state index is -4.92. The molecule has 0 saturated carbocycles. The highest BCUT2D eigenvalue weighted by atomic mass is 32.2. The number of halogens is 2. The summed E-state index contributed by atoms with van der Waals surface area (Å²) in [7, 11) is -4.92. The van der Waals surface area contributed by atoms with E-state index in [2.05, 4.69) is 25.6 Å². The smallest absolute Gasteiger partial charge is 0.325 e. The molecule has 32 heavy (non-hydrogen) atoms. The van der Waals surface area contributed by atoms with Crippen LogP contribution >= 0.6 is 0 Å². The zero-order valence-corrected chi connectivity index (χ0v) is 17.5. The first kappa shape index (κ1) is 21.7. The zero-order valence-electron chi connectivity index (χ0n) is 16.7. The van der Waals surface area contributed by atoms with Crippen LogP contribution in [0.2, 0.25) is 0 Å². The molecule has 168 valence electrons. The Kier molecular flexibility index (Phi) is 5.82. The summed E-state index contributed by atoms with van der Waals surface area (Å²) in [6.07, 6.45) is 5.19. The number of sulfone groups is 1. The average Bonchev–Trinajstić information content (AvgIpc) is 3.35. The van der Waals surface area contributed by atoms with Crippen molar-refractivity contribution in [3.05, 3.63) is 55.4 Å². The lowest BCUT2D eigenvalue weighted by atomic mass is 9.97. The molecule has 2 amide bonds. The van der Waals surface area contributed by atoms with Crippen molar-refractivity contribution >= 4 is 21.6 Å². The van der Waals surface area contributed by atoms with Gasteiger partial charge in [0.1, 0.15) is 12.7 Å². The molecule has 2 aromatic heterocycles. The van der Waals surface area contributed by atoms with E-state index in [4.69, 9.17) is 0 Å². The molecule has 3 aromatic rings. The van der Waals surface area contributed by atoms with Crippen molar-refractivity contribution in [2.45, 2.75) is 23.0 Å². The number of hydrogen-bond donors (Lipinski definition) is 1. The molecule has 3 heterocycles. The summed E-state index contributed by atoms with van der Waals surface area (Å²) in [5.74, 6) is -1.41. The summed E-state index contributed by atoms with van der Waals surface area (Å²) in [6, 6.07) is 6.12. The molecule has 1 saturated heterocycles. The van der Waals surface area contributed by atoms with Crippen LogP contribution in [-0.4, -0.2) is 62.7 Å². The maximum absolute atomic E-state index is 15.1. The van der Waals surface area contributed by atoms with Gasteiger partial charge in [-0.3, -0.25) is 0 Å². The van der Waals surface area contributed by atoms with Crippen LogP contribution in [0.15, 0.2) is 60.3 Å². The fraction of sp³-hybridized carbons (Fsp3) is 0.316. The number of likely N-dealkylation sites (tertiary alicyclic amines) is 1. The summed E-state index contributed by atoms with van der Waals surface area (Å²) in [6.45, 7) is 0.0106. The van der Waals surface area contributed by atoms with Crippen LogP contribution in [0.5, 0.6) is 0 Å². The average molecular weight is 463 g/mol. The number of amides is 2. The predicted octanol–water partition coefficient (Wildman–Crippen LogP) is 2.37. The standard InChI is InChI=1S/C19H19F2N7O3S/c20-19(21,32(30,31)17-3-1-16(2-4-17)28-13-22-12-25-28)14-6-9-27(10-7-14)18(29)26-15-5-8-23-24-11-15/h1-5,8,11-14H,6-7,9-10H2,(H,23,26,29). The third-order valence-corrected chi connectivity index (χ3v) is 7.22. The number of nitrogens with zero attached hydrogens (tertiary/aromatic N) is 6. The topological polar surface area (TPSA) is 123 Å². The molecule has 1 aromatic carbocycles. The fourth-order valence-electron chi connectivity index (χ4n) is 3.48. The Hall–Kier alpha value is -3.48. The molecule has 0 bridgehead atoms. The van der Waals surface area contributed by atoms with Gasteiger partial charge in [-0.15, -0.1) is 0 Å². The number of carbonyl (C=O) groups excluding carboxylic acids is 1. The fourth-order valence-corrected chi connectivity index (χ4v) is 4.97. The van der Waals surface area contributed by atoms with Gasteiger partial charge in [0.2, 0.25) is 9.84 Å². The number of hydrogen-bond acceptors (Lipinski definition) is 7. The van der Waals surface area contributed by atoms with Crippen LogP contribution in [0.25, 0.3) is 5.69 Å². The van der Waals surface area contributed by atoms with Crippen LogP contribution in [0.3, 0.4) is 0 Å². The Morgan fingerprint density at radius 2 is 1.81 bits per heavy atom. The summed E-state index contributed by atoms with van der Waals surface area (Å²) in [5, 5.41) is 9.80. The van der Waals surface area contributed by atoms with E-state index in [1.807, 2.05) is 0 Å². The summed E-state index contributed by atoms with van der Waals surface area (Å²) >= 11 is 0. The number of benzene rings is 1. The van der Waals surface area contributed by atoms with Gasteiger partial charge in [-0.05, 0) is 43.2 Å². The second-order valence-electron chi connectivity index (χ2n) is 7.22. The Bertz CT molecular complexity index is 1170. The van der Waals surface area contributed by atoms with Gasteiger partial charge in [0.05, 0.1) is 28.7 Å². The van der Waals surface area contributed by atoms with Crippen molar-refractivity contribution < 1.29 is 22.0 Å². The van der Waals surface area contributed by atoms with Gasteiger partial charge in [0.25, 0.3) is 0 Å². The number of aromatic nitrogens is 5. The lowest BCUT2D eigenvalue weighted by Crippen LogP contribution is -2.47. The van der Waals surface area contributed by atoms with Crippen LogP contribution in [0, 0.1) is 5.92 Å². The zero-order chi connectivity index (χ0) is 22.8. The van der Waals surface area contributed by atoms with E-state index in [0.717, 1.165) is 12.1 Å². The first-order valence-electron chi connectivity index (χ1n) is 9.69. The molecule has 0 radical (unpaired) electrons. The molecular weight excluding hydrogens is 444 g/mol. The van der Waals surface area contributed by atoms with Crippen molar-refractivity contribution in [2.24, 2.45) is 5.92 Å². The van der Waals surface area contributed by atoms with Gasteiger partial charge in [0.15, 0.2) is 0 Å². The first-order chi connectivity index (χ1) is 15.3. The van der Waals surface area contributed by atoms with Crippen LogP contribution in [-0.2, 0) is 9.84 Å². The normalized spacial score (nSPS) is 15.5. The monoisotopic (exact) mass is 463 g/mol. The van der Waals surface area contributed by atoms with Gasteiger partial charge in [-0.2, -0.15) is 24.1 Å². The van der Waals surface area contributed by atoms with E-state index in [1.165, 1.54) is 46.8 Å². The summed E-state index contributed by atoms with van der Waals surface area (Å²) < 4.78 is 57.0. The quantitative estimate of drug-likeness (QED) is 0.616. The number of anilines is 1. The van der Waals surface area contributed by atoms with Crippen LogP contribution < -0.4 is 5.32 Å². The van der Waals surface area contributed by atoms with Crippen molar-refractivity contribution in [3.8, 4) is 5.69 Å². The third kappa shape index (κ3) is 4.15. The molecule has 1 fully saturated rings. The first-order valence-corrected chi connectivity index (χ1v) is 11.2. The Morgan fingerprint density at radius 3 is 2.41 bits per heavy atom. The molecule has 4 rings (SSSR count). The van der Waals surface area contributed by atoms with E-state index >= 15 is 8.78 Å². The second-order valence-corrected chi connectivity index (χ2v) is 9.24. The second kappa shape index (κ2) is 8.57. The van der Waals surface area contributed by atoms with Gasteiger partial charge in [-0.25, -0.2) is 22.9 Å². The maximum atomic E-state index is 15.1. The number of nitrogens with one attached hydrogen (secondary N) is 1. The lowest BCUT2D eigenvalue weighted by Gasteiger charge is -2.35. The Morgan fingerprint density at radius 1 is 1.09 bits per heavy atom. The third-order valence-electron chi connectivity index (χ3n) is 5.28.